The summed E-state index contributed by atoms with van der Waals surface area (Å²) in [5.74, 6) is 0.828. The molecule has 1 N–H and O–H groups in total. The fourth-order valence-electron chi connectivity index (χ4n) is 1.75. The maximum Gasteiger partial charge on any atom is 0.310 e. The van der Waals surface area contributed by atoms with Crippen LogP contribution >= 0.6 is 0 Å². The van der Waals surface area contributed by atoms with Gasteiger partial charge in [-0.25, -0.2) is 0 Å². The summed E-state index contributed by atoms with van der Waals surface area (Å²) in [5, 5.41) is 3.19. The minimum absolute atomic E-state index is 0.0186. The summed E-state index contributed by atoms with van der Waals surface area (Å²) in [6, 6.07) is 0. The van der Waals surface area contributed by atoms with Gasteiger partial charge >= 0.3 is 5.97 Å². The Morgan fingerprint density at radius 2 is 2.12 bits per heavy atom. The SMILES string of the molecule is CC(C)COCCOC(=O)[C@@H]1CNC[C@H]1C. The van der Waals surface area contributed by atoms with Crippen LogP contribution in [0, 0.1) is 17.8 Å². The highest BCUT2D eigenvalue weighted by Gasteiger charge is 2.30. The second-order valence-corrected chi connectivity index (χ2v) is 4.88. The van der Waals surface area contributed by atoms with Gasteiger partial charge in [0.15, 0.2) is 0 Å². The van der Waals surface area contributed by atoms with E-state index in [1.807, 2.05) is 0 Å². The fraction of sp³-hybridized carbons (Fsp3) is 0.917. The zero-order valence-corrected chi connectivity index (χ0v) is 10.5. The van der Waals surface area contributed by atoms with E-state index >= 15 is 0 Å². The number of rotatable bonds is 6. The summed E-state index contributed by atoms with van der Waals surface area (Å²) in [7, 11) is 0. The van der Waals surface area contributed by atoms with Crippen molar-refractivity contribution < 1.29 is 14.3 Å². The van der Waals surface area contributed by atoms with Crippen molar-refractivity contribution in [2.75, 3.05) is 32.9 Å². The number of hydrogen-bond donors (Lipinski definition) is 1. The van der Waals surface area contributed by atoms with Crippen molar-refractivity contribution in [3.63, 3.8) is 0 Å². The van der Waals surface area contributed by atoms with E-state index in [0.29, 0.717) is 25.0 Å². The van der Waals surface area contributed by atoms with Crippen molar-refractivity contribution in [1.82, 2.24) is 5.32 Å². The summed E-state index contributed by atoms with van der Waals surface area (Å²) in [4.78, 5) is 11.6. The van der Waals surface area contributed by atoms with Gasteiger partial charge in [-0.15, -0.1) is 0 Å². The molecule has 0 spiro atoms. The lowest BCUT2D eigenvalue weighted by Crippen LogP contribution is -2.25. The van der Waals surface area contributed by atoms with Gasteiger partial charge in [-0.1, -0.05) is 20.8 Å². The largest absolute Gasteiger partial charge is 0.463 e. The van der Waals surface area contributed by atoms with Gasteiger partial charge < -0.3 is 14.8 Å². The molecule has 2 atom stereocenters. The van der Waals surface area contributed by atoms with Crippen molar-refractivity contribution in [3.05, 3.63) is 0 Å². The molecule has 1 aliphatic rings. The molecule has 0 saturated carbocycles. The molecule has 0 amide bonds. The summed E-state index contributed by atoms with van der Waals surface area (Å²) < 4.78 is 10.5. The van der Waals surface area contributed by atoms with Gasteiger partial charge in [-0.3, -0.25) is 4.79 Å². The molecule has 1 fully saturated rings. The standard InChI is InChI=1S/C12H23NO3/c1-9(2)8-15-4-5-16-12(14)11-7-13-6-10(11)3/h9-11,13H,4-8H2,1-3H3/t10-,11-/m1/s1. The van der Waals surface area contributed by atoms with Crippen LogP contribution in [0.2, 0.25) is 0 Å². The lowest BCUT2D eigenvalue weighted by molar-refractivity contribution is -0.150. The third kappa shape index (κ3) is 4.49. The minimum atomic E-state index is -0.0920. The van der Waals surface area contributed by atoms with E-state index in [1.165, 1.54) is 0 Å². The molecule has 4 nitrogen and oxygen atoms in total. The predicted octanol–water partition coefficient (Wildman–Crippen LogP) is 1.06. The molecule has 0 bridgehead atoms. The zero-order chi connectivity index (χ0) is 12.0. The average molecular weight is 229 g/mol. The molecule has 16 heavy (non-hydrogen) atoms. The van der Waals surface area contributed by atoms with Gasteiger partial charge in [0.05, 0.1) is 12.5 Å². The van der Waals surface area contributed by atoms with Crippen LogP contribution in [-0.4, -0.2) is 38.9 Å². The number of carbonyl (C=O) groups is 1. The molecule has 94 valence electrons. The van der Waals surface area contributed by atoms with Gasteiger partial charge in [0.2, 0.25) is 0 Å². The van der Waals surface area contributed by atoms with Crippen LogP contribution in [0.3, 0.4) is 0 Å². The molecule has 0 aromatic heterocycles. The first kappa shape index (κ1) is 13.5. The Morgan fingerprint density at radius 3 is 2.69 bits per heavy atom. The lowest BCUT2D eigenvalue weighted by Gasteiger charge is -2.13. The first-order chi connectivity index (χ1) is 7.61. The smallest absolute Gasteiger partial charge is 0.310 e. The minimum Gasteiger partial charge on any atom is -0.463 e. The number of ether oxygens (including phenoxy) is 2. The van der Waals surface area contributed by atoms with Crippen LogP contribution in [0.4, 0.5) is 0 Å². The summed E-state index contributed by atoms with van der Waals surface area (Å²) in [6.07, 6.45) is 0. The highest BCUT2D eigenvalue weighted by atomic mass is 16.6. The van der Waals surface area contributed by atoms with Crippen molar-refractivity contribution in [2.24, 2.45) is 17.8 Å². The van der Waals surface area contributed by atoms with Gasteiger partial charge in [-0.2, -0.15) is 0 Å². The molecule has 1 rings (SSSR count). The highest BCUT2D eigenvalue weighted by Crippen LogP contribution is 2.16. The van der Waals surface area contributed by atoms with E-state index in [2.05, 4.69) is 26.1 Å². The third-order valence-corrected chi connectivity index (χ3v) is 2.74. The number of nitrogens with one attached hydrogen (secondary N) is 1. The lowest BCUT2D eigenvalue weighted by atomic mass is 9.99. The summed E-state index contributed by atoms with van der Waals surface area (Å²) in [5.41, 5.74) is 0. The number of esters is 1. The molecule has 1 saturated heterocycles. The number of hydrogen-bond acceptors (Lipinski definition) is 4. The maximum atomic E-state index is 11.6. The van der Waals surface area contributed by atoms with Gasteiger partial charge in [0.25, 0.3) is 0 Å². The Hall–Kier alpha value is -0.610. The second-order valence-electron chi connectivity index (χ2n) is 4.88. The van der Waals surface area contributed by atoms with Crippen molar-refractivity contribution >= 4 is 5.97 Å². The van der Waals surface area contributed by atoms with E-state index in [9.17, 15) is 4.79 Å². The van der Waals surface area contributed by atoms with E-state index < -0.39 is 0 Å². The Kier molecular flexibility index (Phi) is 5.77. The van der Waals surface area contributed by atoms with E-state index in [1.54, 1.807) is 0 Å². The first-order valence-corrected chi connectivity index (χ1v) is 6.06. The van der Waals surface area contributed by atoms with E-state index in [-0.39, 0.29) is 11.9 Å². The van der Waals surface area contributed by atoms with Crippen LogP contribution in [0.1, 0.15) is 20.8 Å². The van der Waals surface area contributed by atoms with Crippen LogP contribution < -0.4 is 5.32 Å². The van der Waals surface area contributed by atoms with Gasteiger partial charge in [0.1, 0.15) is 6.61 Å². The van der Waals surface area contributed by atoms with E-state index in [4.69, 9.17) is 9.47 Å². The second kappa shape index (κ2) is 6.86. The molecular weight excluding hydrogens is 206 g/mol. The molecule has 0 aliphatic carbocycles. The molecule has 1 aliphatic heterocycles. The Bertz CT molecular complexity index is 218. The van der Waals surface area contributed by atoms with Gasteiger partial charge in [-0.05, 0) is 18.4 Å². The Morgan fingerprint density at radius 1 is 1.38 bits per heavy atom. The quantitative estimate of drug-likeness (QED) is 0.546. The van der Waals surface area contributed by atoms with E-state index in [0.717, 1.165) is 19.7 Å². The molecule has 1 heterocycles. The molecule has 0 unspecified atom stereocenters. The zero-order valence-electron chi connectivity index (χ0n) is 10.5. The van der Waals surface area contributed by atoms with Crippen molar-refractivity contribution in [3.8, 4) is 0 Å². The van der Waals surface area contributed by atoms with Crippen LogP contribution in [0.5, 0.6) is 0 Å². The third-order valence-electron chi connectivity index (χ3n) is 2.74. The number of carbonyl (C=O) groups excluding carboxylic acids is 1. The monoisotopic (exact) mass is 229 g/mol. The summed E-state index contributed by atoms with van der Waals surface area (Å²) >= 11 is 0. The maximum absolute atomic E-state index is 11.6. The predicted molar refractivity (Wildman–Crippen MR) is 62.1 cm³/mol. The van der Waals surface area contributed by atoms with Gasteiger partial charge in [0, 0.05) is 13.2 Å². The Labute approximate surface area is 97.7 Å². The van der Waals surface area contributed by atoms with Crippen LogP contribution in [-0.2, 0) is 14.3 Å². The van der Waals surface area contributed by atoms with Crippen molar-refractivity contribution in [2.45, 2.75) is 20.8 Å². The molecule has 0 aromatic carbocycles. The summed E-state index contributed by atoms with van der Waals surface area (Å²) in [6.45, 7) is 9.50. The molecular formula is C12H23NO3. The molecule has 4 heteroatoms. The van der Waals surface area contributed by atoms with Crippen LogP contribution in [0.15, 0.2) is 0 Å². The molecule has 0 aromatic rings. The highest BCUT2D eigenvalue weighted by molar-refractivity contribution is 5.73. The average Bonchev–Trinajstić information content (AvgIpc) is 2.63. The van der Waals surface area contributed by atoms with Crippen LogP contribution in [0.25, 0.3) is 0 Å². The first-order valence-electron chi connectivity index (χ1n) is 6.06. The molecule has 0 radical (unpaired) electrons. The normalized spacial score (nSPS) is 25.0. The van der Waals surface area contributed by atoms with Crippen molar-refractivity contribution in [1.29, 1.82) is 0 Å². The topological polar surface area (TPSA) is 47.6 Å². The fourth-order valence-corrected chi connectivity index (χ4v) is 1.75. The Balaban J connectivity index is 2.06.